The Bertz CT molecular complexity index is 1060. The number of rotatable bonds is 13. The van der Waals surface area contributed by atoms with E-state index in [-0.39, 0.29) is 30.6 Å². The maximum atomic E-state index is 13.0. The van der Waals surface area contributed by atoms with Gasteiger partial charge in [0.05, 0.1) is 19.8 Å². The van der Waals surface area contributed by atoms with Crippen molar-refractivity contribution in [3.8, 4) is 0 Å². The summed E-state index contributed by atoms with van der Waals surface area (Å²) in [5, 5.41) is 26.2. The van der Waals surface area contributed by atoms with E-state index in [9.17, 15) is 34.0 Å². The molecule has 1 aromatic heterocycles. The van der Waals surface area contributed by atoms with E-state index in [0.717, 1.165) is 16.2 Å². The van der Waals surface area contributed by atoms with Gasteiger partial charge in [-0.1, -0.05) is 5.16 Å². The molecule has 0 bridgehead atoms. The van der Waals surface area contributed by atoms with Gasteiger partial charge in [0, 0.05) is 5.38 Å². The number of thiazole rings is 1. The minimum Gasteiger partial charge on any atom is -0.479 e. The van der Waals surface area contributed by atoms with Crippen LogP contribution in [0, 0.1) is 0 Å². The van der Waals surface area contributed by atoms with E-state index in [0.29, 0.717) is 0 Å². The number of carboxylic acid groups (broad SMARTS) is 2. The lowest BCUT2D eigenvalue weighted by Gasteiger charge is -2.43. The Kier molecular flexibility index (Phi) is 8.94. The van der Waals surface area contributed by atoms with Crippen molar-refractivity contribution < 1.29 is 47.8 Å². The molecule has 0 aliphatic carbocycles. The number of nitrogen functional groups attached to an aromatic ring is 1. The van der Waals surface area contributed by atoms with Crippen LogP contribution >= 0.6 is 18.9 Å². The summed E-state index contributed by atoms with van der Waals surface area (Å²) in [5.41, 5.74) is 3.32. The largest absolute Gasteiger partial charge is 0.479 e. The number of nitrogens with zero attached hydrogens (tertiary/aromatic N) is 3. The molecule has 1 aromatic rings. The molecule has 2 unspecified atom stereocenters. The maximum absolute atomic E-state index is 13.0. The average Bonchev–Trinajstić information content (AvgIpc) is 3.18. The summed E-state index contributed by atoms with van der Waals surface area (Å²) in [4.78, 5) is 58.3. The highest BCUT2D eigenvalue weighted by molar-refractivity contribution is 7.55. The first-order chi connectivity index (χ1) is 16.3. The number of likely N-dealkylation sites (tertiary alicyclic amines) is 1. The molecule has 35 heavy (non-hydrogen) atoms. The number of anilines is 1. The number of oxime groups is 1. The summed E-state index contributed by atoms with van der Waals surface area (Å²) in [6.45, 7) is 4.84. The minimum atomic E-state index is -4.24. The van der Waals surface area contributed by atoms with Crippen LogP contribution in [0.15, 0.2) is 10.5 Å². The van der Waals surface area contributed by atoms with E-state index < -0.39 is 54.5 Å². The van der Waals surface area contributed by atoms with Crippen molar-refractivity contribution in [1.29, 1.82) is 0 Å². The summed E-state index contributed by atoms with van der Waals surface area (Å²) in [6.07, 6.45) is 0. The highest BCUT2D eigenvalue weighted by Gasteiger charge is 2.54. The van der Waals surface area contributed by atoms with E-state index in [1.54, 1.807) is 0 Å². The molecule has 0 radical (unpaired) electrons. The highest BCUT2D eigenvalue weighted by atomic mass is 32.1. The normalized spacial score (nSPS) is 17.5. The second kappa shape index (κ2) is 11.1. The number of carboxylic acids is 2. The number of β-lactam (4-membered cyclic amide) rings is 1. The number of aliphatic carboxylic acids is 2. The van der Waals surface area contributed by atoms with Gasteiger partial charge in [-0.15, -0.1) is 11.3 Å². The van der Waals surface area contributed by atoms with Crippen LogP contribution in [-0.2, 0) is 37.6 Å². The fourth-order valence-electron chi connectivity index (χ4n) is 2.78. The highest BCUT2D eigenvalue weighted by Crippen LogP contribution is 2.55. The molecule has 5 N–H and O–H groups in total. The van der Waals surface area contributed by atoms with E-state index in [2.05, 4.69) is 15.5 Å². The van der Waals surface area contributed by atoms with E-state index in [1.165, 1.54) is 33.1 Å². The summed E-state index contributed by atoms with van der Waals surface area (Å²) in [7, 11) is -4.24. The van der Waals surface area contributed by atoms with Crippen LogP contribution in [0.3, 0.4) is 0 Å². The van der Waals surface area contributed by atoms with E-state index >= 15 is 0 Å². The van der Waals surface area contributed by atoms with Gasteiger partial charge in [-0.05, 0) is 27.7 Å². The molecule has 2 amide bonds. The molecule has 0 spiro atoms. The Morgan fingerprint density at radius 3 is 2.37 bits per heavy atom. The van der Waals surface area contributed by atoms with Crippen LogP contribution in [0.4, 0.5) is 5.13 Å². The monoisotopic (exact) mass is 535 g/mol. The van der Waals surface area contributed by atoms with Gasteiger partial charge >= 0.3 is 19.5 Å². The van der Waals surface area contributed by atoms with Crippen molar-refractivity contribution in [2.45, 2.75) is 45.1 Å². The summed E-state index contributed by atoms with van der Waals surface area (Å²) in [5.74, 6) is -6.67. The predicted octanol–water partition coefficient (Wildman–Crippen LogP) is 0.313. The lowest BCUT2D eigenvalue weighted by Crippen LogP contribution is -2.68. The fraction of sp³-hybridized carbons (Fsp3) is 0.556. The molecule has 17 heteroatoms. The zero-order chi connectivity index (χ0) is 26.6. The van der Waals surface area contributed by atoms with Crippen molar-refractivity contribution in [2.24, 2.45) is 5.16 Å². The first-order valence-corrected chi connectivity index (χ1v) is 12.7. The summed E-state index contributed by atoms with van der Waals surface area (Å²) in [6, 6.07) is -1.20. The molecule has 1 aliphatic heterocycles. The molecule has 1 fully saturated rings. The Morgan fingerprint density at radius 1 is 1.34 bits per heavy atom. The van der Waals surface area contributed by atoms with Crippen LogP contribution in [0.5, 0.6) is 0 Å². The first kappa shape index (κ1) is 28.2. The fourth-order valence-corrected chi connectivity index (χ4v) is 5.23. The van der Waals surface area contributed by atoms with Gasteiger partial charge in [0.15, 0.2) is 10.8 Å². The van der Waals surface area contributed by atoms with E-state index in [4.69, 9.17) is 19.6 Å². The number of nitrogens with two attached hydrogens (primary N) is 1. The van der Waals surface area contributed by atoms with Crippen LogP contribution in [0.2, 0.25) is 0 Å². The van der Waals surface area contributed by atoms with Gasteiger partial charge < -0.3 is 40.0 Å². The predicted molar refractivity (Wildman–Crippen MR) is 122 cm³/mol. The topological polar surface area (TPSA) is 220 Å². The number of carbonyl (C=O) groups is 4. The van der Waals surface area contributed by atoms with Crippen LogP contribution in [0.1, 0.15) is 33.4 Å². The Morgan fingerprint density at radius 2 is 1.94 bits per heavy atom. The van der Waals surface area contributed by atoms with Crippen molar-refractivity contribution in [1.82, 2.24) is 15.2 Å². The molecule has 1 saturated heterocycles. The Balaban J connectivity index is 2.23. The van der Waals surface area contributed by atoms with Gasteiger partial charge in [-0.2, -0.15) is 0 Å². The lowest BCUT2D eigenvalue weighted by molar-refractivity contribution is -0.161. The smallest absolute Gasteiger partial charge is 0.364 e. The van der Waals surface area contributed by atoms with Gasteiger partial charge in [0.1, 0.15) is 11.7 Å². The van der Waals surface area contributed by atoms with Crippen molar-refractivity contribution >= 4 is 53.5 Å². The molecule has 0 aromatic carbocycles. The standard InChI is InChI=1S/C18H26N5O10PS/c1-5-31-34(30,32-6-2)14(15(26)27)23-7-9(13(23)25)20-12(24)11(10-8-35-17(19)21-10)22-33-18(3,4)16(28)29/h8-9,14H,5-7H2,1-4H3,(H2,19,21)(H,20,24)(H,26,27)(H,28,29). The number of hydrogen-bond acceptors (Lipinski definition) is 12. The Labute approximate surface area is 203 Å². The van der Waals surface area contributed by atoms with Gasteiger partial charge in [0.25, 0.3) is 5.91 Å². The zero-order valence-corrected chi connectivity index (χ0v) is 21.0. The second-order valence-electron chi connectivity index (χ2n) is 7.52. The number of carbonyl (C=O) groups excluding carboxylic acids is 2. The lowest BCUT2D eigenvalue weighted by atomic mass is 10.1. The van der Waals surface area contributed by atoms with Crippen molar-refractivity contribution in [3.63, 3.8) is 0 Å². The quantitative estimate of drug-likeness (QED) is 0.116. The maximum Gasteiger partial charge on any atom is 0.364 e. The molecule has 194 valence electrons. The molecule has 0 saturated carbocycles. The molecule has 2 atom stereocenters. The van der Waals surface area contributed by atoms with Crippen molar-refractivity contribution in [2.75, 3.05) is 25.5 Å². The van der Waals surface area contributed by atoms with Gasteiger partial charge in [0.2, 0.25) is 17.3 Å². The third-order valence-corrected chi connectivity index (χ3v) is 7.57. The third-order valence-electron chi connectivity index (χ3n) is 4.56. The molecule has 2 rings (SSSR count). The molecule has 15 nitrogen and oxygen atoms in total. The number of hydrogen-bond donors (Lipinski definition) is 4. The number of amides is 2. The van der Waals surface area contributed by atoms with Gasteiger partial charge in [-0.3, -0.25) is 14.2 Å². The zero-order valence-electron chi connectivity index (χ0n) is 19.3. The summed E-state index contributed by atoms with van der Waals surface area (Å²) >= 11 is 0.983. The minimum absolute atomic E-state index is 0.0320. The third kappa shape index (κ3) is 6.33. The van der Waals surface area contributed by atoms with E-state index in [1.807, 2.05) is 0 Å². The van der Waals surface area contributed by atoms with Crippen LogP contribution in [-0.4, -0.2) is 86.7 Å². The van der Waals surface area contributed by atoms with Crippen molar-refractivity contribution in [3.05, 3.63) is 11.1 Å². The second-order valence-corrected chi connectivity index (χ2v) is 10.5. The molecule has 1 aliphatic rings. The molecular formula is C18H26N5O10PS. The molecular weight excluding hydrogens is 509 g/mol. The number of nitrogens with one attached hydrogen (secondary N) is 1. The Hall–Kier alpha value is -3.07. The number of aromatic nitrogens is 1. The van der Waals surface area contributed by atoms with Gasteiger partial charge in [-0.25, -0.2) is 14.6 Å². The van der Waals surface area contributed by atoms with Crippen LogP contribution < -0.4 is 11.1 Å². The summed E-state index contributed by atoms with van der Waals surface area (Å²) < 4.78 is 23.1. The SMILES string of the molecule is CCOP(=O)(OCC)C(C(=O)O)N1CC(NC(=O)C(=NOC(C)(C)C(=O)O)c2csc(N)n2)C1=O. The first-order valence-electron chi connectivity index (χ1n) is 10.2. The molecule has 2 heterocycles. The van der Waals surface area contributed by atoms with Crippen LogP contribution in [0.25, 0.3) is 0 Å². The average molecular weight is 535 g/mol.